The van der Waals surface area contributed by atoms with Gasteiger partial charge >= 0.3 is 5.97 Å². The zero-order chi connectivity index (χ0) is 19.4. The first kappa shape index (κ1) is 18.5. The lowest BCUT2D eigenvalue weighted by Crippen LogP contribution is -2.54. The van der Waals surface area contributed by atoms with E-state index in [9.17, 15) is 14.4 Å². The molecular formula is C21H30N2O4. The van der Waals surface area contributed by atoms with Gasteiger partial charge in [0.25, 0.3) is 0 Å². The first-order valence-electron chi connectivity index (χ1n) is 10.2. The number of hydrogen-bond acceptors (Lipinski definition) is 4. The van der Waals surface area contributed by atoms with Gasteiger partial charge in [0.1, 0.15) is 6.10 Å². The molecule has 2 aliphatic heterocycles. The van der Waals surface area contributed by atoms with Crippen LogP contribution in [0.2, 0.25) is 0 Å². The van der Waals surface area contributed by atoms with Crippen LogP contribution in [0.5, 0.6) is 0 Å². The van der Waals surface area contributed by atoms with Gasteiger partial charge in [0, 0.05) is 42.8 Å². The van der Waals surface area contributed by atoms with Crippen LogP contribution in [0.25, 0.3) is 0 Å². The summed E-state index contributed by atoms with van der Waals surface area (Å²) in [6, 6.07) is 0.0283. The van der Waals surface area contributed by atoms with Gasteiger partial charge < -0.3 is 15.4 Å². The quantitative estimate of drug-likeness (QED) is 0.688. The molecule has 1 saturated heterocycles. The maximum Gasteiger partial charge on any atom is 0.302 e. The summed E-state index contributed by atoms with van der Waals surface area (Å²) in [7, 11) is 0. The van der Waals surface area contributed by atoms with Crippen LogP contribution >= 0.6 is 0 Å². The molecule has 3 fully saturated rings. The average Bonchev–Trinajstić information content (AvgIpc) is 2.72. The number of amides is 2. The minimum Gasteiger partial charge on any atom is -0.462 e. The van der Waals surface area contributed by atoms with Crippen molar-refractivity contribution in [3.05, 3.63) is 11.6 Å². The fourth-order valence-electron chi connectivity index (χ4n) is 6.50. The monoisotopic (exact) mass is 374 g/mol. The molecule has 2 saturated carbocycles. The molecule has 2 N–H and O–H groups in total. The van der Waals surface area contributed by atoms with E-state index >= 15 is 0 Å². The van der Waals surface area contributed by atoms with E-state index in [-0.39, 0.29) is 40.8 Å². The smallest absolute Gasteiger partial charge is 0.302 e. The third-order valence-electron chi connectivity index (χ3n) is 7.85. The number of carbonyl (C=O) groups excluding carboxylic acids is 3. The third-order valence-corrected chi connectivity index (χ3v) is 7.85. The average molecular weight is 374 g/mol. The normalized spacial score (nSPS) is 43.7. The molecule has 0 aromatic carbocycles. The Hall–Kier alpha value is -1.85. The fourth-order valence-corrected chi connectivity index (χ4v) is 6.50. The lowest BCUT2D eigenvalue weighted by atomic mass is 9.57. The Morgan fingerprint density at radius 1 is 1.22 bits per heavy atom. The number of fused-ring (bicyclic) bond motifs is 5. The topological polar surface area (TPSA) is 84.5 Å². The Morgan fingerprint density at radius 3 is 2.74 bits per heavy atom. The molecule has 0 aromatic rings. The minimum atomic E-state index is -0.314. The zero-order valence-corrected chi connectivity index (χ0v) is 16.5. The van der Waals surface area contributed by atoms with Crippen LogP contribution in [-0.2, 0) is 19.1 Å². The van der Waals surface area contributed by atoms with Crippen molar-refractivity contribution in [2.24, 2.45) is 22.7 Å². The molecule has 0 unspecified atom stereocenters. The second-order valence-corrected chi connectivity index (χ2v) is 9.34. The van der Waals surface area contributed by atoms with Crippen molar-refractivity contribution in [3.8, 4) is 0 Å². The van der Waals surface area contributed by atoms with Crippen LogP contribution in [0.3, 0.4) is 0 Å². The number of nitrogens with one attached hydrogen (secondary N) is 2. The van der Waals surface area contributed by atoms with Gasteiger partial charge in [-0.1, -0.05) is 19.4 Å². The summed E-state index contributed by atoms with van der Waals surface area (Å²) in [6.45, 7) is 6.42. The first-order chi connectivity index (χ1) is 12.7. The van der Waals surface area contributed by atoms with Gasteiger partial charge in [0.05, 0.1) is 0 Å². The van der Waals surface area contributed by atoms with Crippen molar-refractivity contribution >= 4 is 17.8 Å². The molecule has 0 aromatic heterocycles. The van der Waals surface area contributed by atoms with Crippen molar-refractivity contribution in [2.45, 2.75) is 71.4 Å². The molecule has 0 bridgehead atoms. The second-order valence-electron chi connectivity index (χ2n) is 9.34. The predicted octanol–water partition coefficient (Wildman–Crippen LogP) is 2.09. The number of ether oxygens (including phenoxy) is 1. The summed E-state index contributed by atoms with van der Waals surface area (Å²) < 4.78 is 5.65. The van der Waals surface area contributed by atoms with Gasteiger partial charge in [-0.15, -0.1) is 0 Å². The Balaban J connectivity index is 1.71. The maximum atomic E-state index is 12.9. The molecule has 2 heterocycles. The summed E-state index contributed by atoms with van der Waals surface area (Å²) in [5.41, 5.74) is 0.644. The first-order valence-corrected chi connectivity index (χ1v) is 10.2. The van der Waals surface area contributed by atoms with E-state index in [4.69, 9.17) is 4.74 Å². The molecule has 6 nitrogen and oxygen atoms in total. The summed E-state index contributed by atoms with van der Waals surface area (Å²) in [5, 5.41) is 6.28. The van der Waals surface area contributed by atoms with Crippen molar-refractivity contribution < 1.29 is 19.1 Å². The maximum absolute atomic E-state index is 12.9. The van der Waals surface area contributed by atoms with E-state index in [0.717, 1.165) is 37.7 Å². The Labute approximate surface area is 160 Å². The number of hydrogen-bond donors (Lipinski definition) is 2. The summed E-state index contributed by atoms with van der Waals surface area (Å²) in [4.78, 5) is 36.6. The van der Waals surface area contributed by atoms with Crippen LogP contribution in [0.1, 0.15) is 59.3 Å². The molecular weight excluding hydrogens is 344 g/mol. The Morgan fingerprint density at radius 2 is 2.00 bits per heavy atom. The molecule has 2 aliphatic carbocycles. The van der Waals surface area contributed by atoms with Crippen molar-refractivity contribution in [2.75, 3.05) is 6.54 Å². The SMILES string of the molecule is CC(=O)O[C@H]1CC[C@H]2[C@@H]3CCC4=CC(=O)NCC[C@]4(C)[C@H]3NC(=O)C[C@]12C. The number of rotatable bonds is 1. The highest BCUT2D eigenvalue weighted by Crippen LogP contribution is 2.58. The molecule has 2 amide bonds. The summed E-state index contributed by atoms with van der Waals surface area (Å²) in [6.07, 6.45) is 6.48. The van der Waals surface area contributed by atoms with Gasteiger partial charge in [-0.3, -0.25) is 14.4 Å². The molecule has 27 heavy (non-hydrogen) atoms. The van der Waals surface area contributed by atoms with E-state index in [2.05, 4.69) is 24.5 Å². The van der Waals surface area contributed by atoms with E-state index in [0.29, 0.717) is 24.8 Å². The minimum absolute atomic E-state index is 0.0206. The van der Waals surface area contributed by atoms with Crippen LogP contribution in [-0.4, -0.2) is 36.5 Å². The van der Waals surface area contributed by atoms with Crippen LogP contribution in [0.15, 0.2) is 11.6 Å². The van der Waals surface area contributed by atoms with E-state index in [1.807, 2.05) is 0 Å². The third kappa shape index (κ3) is 2.88. The fraction of sp³-hybridized carbons (Fsp3) is 0.762. The van der Waals surface area contributed by atoms with Gasteiger partial charge in [-0.2, -0.15) is 0 Å². The molecule has 4 rings (SSSR count). The molecule has 6 atom stereocenters. The number of carbonyl (C=O) groups is 3. The summed E-state index contributed by atoms with van der Waals surface area (Å²) in [5.74, 6) is 0.443. The highest BCUT2D eigenvalue weighted by atomic mass is 16.5. The molecule has 4 aliphatic rings. The van der Waals surface area contributed by atoms with Gasteiger partial charge in [0.2, 0.25) is 11.8 Å². The van der Waals surface area contributed by atoms with E-state index in [1.54, 1.807) is 6.08 Å². The van der Waals surface area contributed by atoms with Gasteiger partial charge in [-0.05, 0) is 43.9 Å². The lowest BCUT2D eigenvalue weighted by molar-refractivity contribution is -0.154. The zero-order valence-electron chi connectivity index (χ0n) is 16.5. The van der Waals surface area contributed by atoms with Crippen molar-refractivity contribution in [1.82, 2.24) is 10.6 Å². The Bertz CT molecular complexity index is 717. The van der Waals surface area contributed by atoms with Crippen molar-refractivity contribution in [1.29, 1.82) is 0 Å². The second kappa shape index (κ2) is 6.35. The molecule has 0 radical (unpaired) electrons. The largest absolute Gasteiger partial charge is 0.462 e. The highest BCUT2D eigenvalue weighted by molar-refractivity contribution is 5.89. The predicted molar refractivity (Wildman–Crippen MR) is 99.5 cm³/mol. The van der Waals surface area contributed by atoms with E-state index in [1.165, 1.54) is 6.92 Å². The highest BCUT2D eigenvalue weighted by Gasteiger charge is 2.59. The summed E-state index contributed by atoms with van der Waals surface area (Å²) >= 11 is 0. The number of esters is 1. The molecule has 6 heteroatoms. The van der Waals surface area contributed by atoms with E-state index < -0.39 is 0 Å². The van der Waals surface area contributed by atoms with Crippen LogP contribution in [0, 0.1) is 22.7 Å². The molecule has 148 valence electrons. The van der Waals surface area contributed by atoms with Crippen LogP contribution in [0.4, 0.5) is 0 Å². The van der Waals surface area contributed by atoms with Gasteiger partial charge in [0.15, 0.2) is 0 Å². The van der Waals surface area contributed by atoms with Crippen molar-refractivity contribution in [3.63, 3.8) is 0 Å². The standard InChI is InChI=1S/C21H30N2O4/c1-12(24)27-16-7-6-15-14-5-4-13-10-17(25)22-9-8-20(13,2)19(14)23-18(26)11-21(15,16)3/h10,14-16,19H,4-9,11H2,1-3H3,(H,22,25)(H,23,26)/t14-,15-,16-,19-,20-,21-/m0/s1. The van der Waals surface area contributed by atoms with Crippen LogP contribution < -0.4 is 10.6 Å². The van der Waals surface area contributed by atoms with Gasteiger partial charge in [-0.25, -0.2) is 0 Å². The lowest BCUT2D eigenvalue weighted by Gasteiger charge is -2.50. The Kier molecular flexibility index (Phi) is 4.35. The molecule has 0 spiro atoms.